The molecule has 0 saturated carbocycles. The first-order valence-electron chi connectivity index (χ1n) is 8.26. The Labute approximate surface area is 181 Å². The standard InChI is InChI=1S/C20H15Cl2NO5S/c1-26-17-6-3-11(7-18(17)27-2)19-23-15(10-29-19)20(25)28-9-16(24)13-5-4-12(21)8-14(13)22/h3-8,10H,9H2,1-2H3. The second-order valence-electron chi connectivity index (χ2n) is 5.73. The summed E-state index contributed by atoms with van der Waals surface area (Å²) in [5, 5.41) is 2.77. The van der Waals surface area contributed by atoms with Gasteiger partial charge in [-0.25, -0.2) is 9.78 Å². The molecule has 9 heteroatoms. The van der Waals surface area contributed by atoms with Crippen LogP contribution < -0.4 is 9.47 Å². The van der Waals surface area contributed by atoms with Crippen LogP contribution in [0.1, 0.15) is 20.8 Å². The zero-order chi connectivity index (χ0) is 21.0. The van der Waals surface area contributed by atoms with Crippen molar-refractivity contribution in [3.05, 3.63) is 63.1 Å². The van der Waals surface area contributed by atoms with Crippen molar-refractivity contribution in [2.75, 3.05) is 20.8 Å². The van der Waals surface area contributed by atoms with Crippen LogP contribution in [0.4, 0.5) is 0 Å². The molecule has 1 aromatic heterocycles. The first-order valence-corrected chi connectivity index (χ1v) is 9.89. The van der Waals surface area contributed by atoms with Crippen molar-refractivity contribution in [1.82, 2.24) is 4.98 Å². The van der Waals surface area contributed by atoms with Crippen LogP contribution in [0.2, 0.25) is 10.0 Å². The van der Waals surface area contributed by atoms with Gasteiger partial charge in [-0.3, -0.25) is 4.79 Å². The Hall–Kier alpha value is -2.61. The van der Waals surface area contributed by atoms with Crippen LogP contribution >= 0.6 is 34.5 Å². The van der Waals surface area contributed by atoms with Crippen molar-refractivity contribution in [3.63, 3.8) is 0 Å². The number of hydrogen-bond acceptors (Lipinski definition) is 7. The molecular formula is C20H15Cl2NO5S. The molecule has 0 atom stereocenters. The number of rotatable bonds is 7. The number of carbonyl (C=O) groups is 2. The van der Waals surface area contributed by atoms with E-state index in [1.165, 1.54) is 30.6 Å². The molecule has 29 heavy (non-hydrogen) atoms. The van der Waals surface area contributed by atoms with Crippen molar-refractivity contribution < 1.29 is 23.8 Å². The molecule has 0 saturated heterocycles. The second kappa shape index (κ2) is 9.26. The Morgan fingerprint density at radius 1 is 1.03 bits per heavy atom. The molecule has 3 rings (SSSR count). The summed E-state index contributed by atoms with van der Waals surface area (Å²) < 4.78 is 15.6. The third kappa shape index (κ3) is 4.87. The van der Waals surface area contributed by atoms with Crippen molar-refractivity contribution in [2.24, 2.45) is 0 Å². The number of esters is 1. The third-order valence-electron chi connectivity index (χ3n) is 3.91. The van der Waals surface area contributed by atoms with E-state index in [1.807, 2.05) is 0 Å². The van der Waals surface area contributed by atoms with E-state index in [4.69, 9.17) is 37.4 Å². The molecule has 0 aliphatic rings. The maximum atomic E-state index is 12.3. The highest BCUT2D eigenvalue weighted by molar-refractivity contribution is 7.13. The van der Waals surface area contributed by atoms with E-state index >= 15 is 0 Å². The van der Waals surface area contributed by atoms with Gasteiger partial charge in [0.05, 0.1) is 19.2 Å². The number of hydrogen-bond donors (Lipinski definition) is 0. The van der Waals surface area contributed by atoms with Gasteiger partial charge in [-0.1, -0.05) is 23.2 Å². The minimum Gasteiger partial charge on any atom is -0.493 e. The molecule has 0 N–H and O–H groups in total. The minimum atomic E-state index is -0.702. The largest absolute Gasteiger partial charge is 0.493 e. The number of benzene rings is 2. The van der Waals surface area contributed by atoms with E-state index in [-0.39, 0.29) is 16.3 Å². The van der Waals surface area contributed by atoms with Crippen LogP contribution in [-0.2, 0) is 4.74 Å². The van der Waals surface area contributed by atoms with E-state index in [0.717, 1.165) is 5.56 Å². The zero-order valence-corrected chi connectivity index (χ0v) is 17.7. The monoisotopic (exact) mass is 451 g/mol. The van der Waals surface area contributed by atoms with Gasteiger partial charge >= 0.3 is 5.97 Å². The van der Waals surface area contributed by atoms with E-state index < -0.39 is 18.4 Å². The number of methoxy groups -OCH3 is 2. The minimum absolute atomic E-state index is 0.106. The highest BCUT2D eigenvalue weighted by atomic mass is 35.5. The fraction of sp³-hybridized carbons (Fsp3) is 0.150. The van der Waals surface area contributed by atoms with Gasteiger partial charge in [0.1, 0.15) is 5.01 Å². The molecule has 0 fully saturated rings. The van der Waals surface area contributed by atoms with Crippen LogP contribution in [-0.4, -0.2) is 37.6 Å². The topological polar surface area (TPSA) is 74.7 Å². The smallest absolute Gasteiger partial charge is 0.358 e. The summed E-state index contributed by atoms with van der Waals surface area (Å²) in [6.45, 7) is -0.455. The van der Waals surface area contributed by atoms with Crippen LogP contribution in [0, 0.1) is 0 Å². The summed E-state index contributed by atoms with van der Waals surface area (Å²) in [6.07, 6.45) is 0. The van der Waals surface area contributed by atoms with Crippen LogP contribution in [0.5, 0.6) is 11.5 Å². The summed E-state index contributed by atoms with van der Waals surface area (Å²) >= 11 is 13.1. The van der Waals surface area contributed by atoms with Gasteiger partial charge < -0.3 is 14.2 Å². The maximum Gasteiger partial charge on any atom is 0.358 e. The predicted molar refractivity (Wildman–Crippen MR) is 112 cm³/mol. The number of Topliss-reactive ketones (excluding diaryl/α,β-unsaturated/α-hetero) is 1. The lowest BCUT2D eigenvalue weighted by Gasteiger charge is -2.08. The molecule has 150 valence electrons. The molecule has 0 spiro atoms. The Morgan fingerprint density at radius 2 is 1.79 bits per heavy atom. The van der Waals surface area contributed by atoms with E-state index in [2.05, 4.69) is 4.98 Å². The number of thiazole rings is 1. The van der Waals surface area contributed by atoms with Crippen molar-refractivity contribution in [2.45, 2.75) is 0 Å². The molecule has 0 aliphatic heterocycles. The number of ketones is 1. The molecule has 3 aromatic rings. The SMILES string of the molecule is COc1ccc(-c2nc(C(=O)OCC(=O)c3ccc(Cl)cc3Cl)cs2)cc1OC. The number of nitrogens with zero attached hydrogens (tertiary/aromatic N) is 1. The third-order valence-corrected chi connectivity index (χ3v) is 5.35. The van der Waals surface area contributed by atoms with Gasteiger partial charge in [-0.2, -0.15) is 0 Å². The number of ether oxygens (including phenoxy) is 3. The van der Waals surface area contributed by atoms with Crippen LogP contribution in [0.15, 0.2) is 41.8 Å². The summed E-state index contributed by atoms with van der Waals surface area (Å²) in [6, 6.07) is 9.80. The number of aromatic nitrogens is 1. The first-order chi connectivity index (χ1) is 13.9. The van der Waals surface area contributed by atoms with Gasteiger partial charge in [0.25, 0.3) is 0 Å². The average molecular weight is 452 g/mol. The molecular weight excluding hydrogens is 437 g/mol. The normalized spacial score (nSPS) is 10.5. The molecule has 0 aliphatic carbocycles. The lowest BCUT2D eigenvalue weighted by atomic mass is 10.1. The molecule has 0 unspecified atom stereocenters. The highest BCUT2D eigenvalue weighted by Crippen LogP contribution is 2.33. The van der Waals surface area contributed by atoms with Crippen LogP contribution in [0.25, 0.3) is 10.6 Å². The summed E-state index contributed by atoms with van der Waals surface area (Å²) in [5.74, 6) is 0.00310. The summed E-state index contributed by atoms with van der Waals surface area (Å²) in [4.78, 5) is 28.8. The Morgan fingerprint density at radius 3 is 2.48 bits per heavy atom. The van der Waals surface area contributed by atoms with Crippen molar-refractivity contribution in [1.29, 1.82) is 0 Å². The van der Waals surface area contributed by atoms with Crippen LogP contribution in [0.3, 0.4) is 0 Å². The lowest BCUT2D eigenvalue weighted by molar-refractivity contribution is 0.0470. The number of halogens is 2. The molecule has 0 amide bonds. The Bertz CT molecular complexity index is 1070. The van der Waals surface area contributed by atoms with Gasteiger partial charge in [0.2, 0.25) is 5.78 Å². The van der Waals surface area contributed by atoms with Gasteiger partial charge in [-0.15, -0.1) is 11.3 Å². The maximum absolute atomic E-state index is 12.3. The zero-order valence-electron chi connectivity index (χ0n) is 15.4. The molecule has 1 heterocycles. The molecule has 0 bridgehead atoms. The van der Waals surface area contributed by atoms with E-state index in [9.17, 15) is 9.59 Å². The second-order valence-corrected chi connectivity index (χ2v) is 7.43. The van der Waals surface area contributed by atoms with Gasteiger partial charge in [-0.05, 0) is 36.4 Å². The van der Waals surface area contributed by atoms with Gasteiger partial charge in [0.15, 0.2) is 23.8 Å². The number of carbonyl (C=O) groups excluding carboxylic acids is 2. The van der Waals surface area contributed by atoms with Gasteiger partial charge in [0, 0.05) is 21.5 Å². The quantitative estimate of drug-likeness (QED) is 0.364. The fourth-order valence-electron chi connectivity index (χ4n) is 2.47. The van der Waals surface area contributed by atoms with E-state index in [1.54, 1.807) is 36.8 Å². The Kier molecular flexibility index (Phi) is 6.74. The first kappa shape index (κ1) is 21.1. The average Bonchev–Trinajstić information content (AvgIpc) is 3.21. The Balaban J connectivity index is 1.69. The molecule has 0 radical (unpaired) electrons. The highest BCUT2D eigenvalue weighted by Gasteiger charge is 2.18. The lowest BCUT2D eigenvalue weighted by Crippen LogP contribution is -2.15. The molecule has 6 nitrogen and oxygen atoms in total. The molecule has 2 aromatic carbocycles. The summed E-state index contributed by atoms with van der Waals surface area (Å²) in [7, 11) is 3.09. The van der Waals surface area contributed by atoms with Crippen molar-refractivity contribution in [3.8, 4) is 22.1 Å². The predicted octanol–water partition coefficient (Wildman–Crippen LogP) is 5.17. The fourth-order valence-corrected chi connectivity index (χ4v) is 3.77. The van der Waals surface area contributed by atoms with E-state index in [0.29, 0.717) is 21.5 Å². The summed E-state index contributed by atoms with van der Waals surface area (Å²) in [5.41, 5.74) is 1.10. The van der Waals surface area contributed by atoms with Crippen molar-refractivity contribution >= 4 is 46.3 Å².